The van der Waals surface area contributed by atoms with Gasteiger partial charge >= 0.3 is 5.97 Å². The van der Waals surface area contributed by atoms with Gasteiger partial charge in [-0.25, -0.2) is 4.79 Å². The van der Waals surface area contributed by atoms with E-state index < -0.39 is 64.7 Å². The van der Waals surface area contributed by atoms with Gasteiger partial charge in [-0.1, -0.05) is 0 Å². The number of nitrogens with two attached hydrogens (primary N) is 1. The van der Waals surface area contributed by atoms with E-state index in [4.69, 9.17) is 15.6 Å². The normalized spacial score (nSPS) is 27.2. The van der Waals surface area contributed by atoms with E-state index in [1.165, 1.54) is 13.0 Å². The summed E-state index contributed by atoms with van der Waals surface area (Å²) in [5.74, 6) is -6.08. The van der Waals surface area contributed by atoms with Gasteiger partial charge in [0.1, 0.15) is 35.0 Å². The molecule has 0 saturated heterocycles. The number of nitrogens with zero attached hydrogens (tertiary/aromatic N) is 1. The lowest BCUT2D eigenvalue weighted by Crippen LogP contribution is -2.52. The van der Waals surface area contributed by atoms with Crippen molar-refractivity contribution in [3.8, 4) is 5.75 Å². The number of allylic oxidation sites excluding steroid dienone is 2. The Morgan fingerprint density at radius 1 is 1.22 bits per heavy atom. The number of aromatic hydroxyl groups is 1. The highest BCUT2D eigenvalue weighted by Gasteiger charge is 2.55. The van der Waals surface area contributed by atoms with Crippen molar-refractivity contribution in [2.24, 2.45) is 23.5 Å². The van der Waals surface area contributed by atoms with Crippen molar-refractivity contribution in [1.82, 2.24) is 0 Å². The summed E-state index contributed by atoms with van der Waals surface area (Å²) in [7, 11) is 3.43. The summed E-state index contributed by atoms with van der Waals surface area (Å²) in [4.78, 5) is 40.0. The number of phenolic OH excluding ortho intramolecular Hbond substituents is 1. The molecule has 0 radical (unpaired) electrons. The van der Waals surface area contributed by atoms with Crippen LogP contribution in [0.3, 0.4) is 0 Å². The first-order valence-corrected chi connectivity index (χ1v) is 11.6. The van der Waals surface area contributed by atoms with E-state index in [2.05, 4.69) is 0 Å². The lowest BCUT2D eigenvalue weighted by atomic mass is 9.58. The van der Waals surface area contributed by atoms with Crippen LogP contribution in [0.15, 0.2) is 28.7 Å². The van der Waals surface area contributed by atoms with Gasteiger partial charge in [0.25, 0.3) is 5.91 Å². The van der Waals surface area contributed by atoms with Gasteiger partial charge in [-0.15, -0.1) is 0 Å². The zero-order valence-electron chi connectivity index (χ0n) is 20.2. The topological polar surface area (TPSA) is 191 Å². The number of amides is 1. The van der Waals surface area contributed by atoms with E-state index in [0.29, 0.717) is 17.7 Å². The molecule has 0 aliphatic heterocycles. The van der Waals surface area contributed by atoms with E-state index in [-0.39, 0.29) is 41.9 Å². The largest absolute Gasteiger partial charge is 0.512 e. The number of benzene rings is 1. The third kappa shape index (κ3) is 3.70. The molecule has 4 atom stereocenters. The van der Waals surface area contributed by atoms with Gasteiger partial charge in [-0.2, -0.15) is 0 Å². The Kier molecular flexibility index (Phi) is 6.26. The Labute approximate surface area is 207 Å². The number of ketones is 1. The minimum atomic E-state index is -2.03. The number of rotatable bonds is 5. The van der Waals surface area contributed by atoms with E-state index in [0.717, 1.165) is 0 Å². The summed E-state index contributed by atoms with van der Waals surface area (Å²) in [6.45, 7) is 0.545. The predicted octanol–water partition coefficient (Wildman–Crippen LogP) is 0.863. The molecule has 0 fully saturated rings. The van der Waals surface area contributed by atoms with Crippen LogP contribution >= 0.6 is 0 Å². The number of carbonyl (C=O) groups excluding carboxylic acids is 3. The van der Waals surface area contributed by atoms with Gasteiger partial charge in [-0.3, -0.25) is 9.59 Å². The maximum Gasteiger partial charge on any atom is 0.342 e. The quantitative estimate of drug-likeness (QED) is 0.315. The van der Waals surface area contributed by atoms with Gasteiger partial charge in [0.15, 0.2) is 5.78 Å². The van der Waals surface area contributed by atoms with Crippen LogP contribution in [0.2, 0.25) is 0 Å². The Bertz CT molecular complexity index is 1230. The molecule has 0 aromatic heterocycles. The summed E-state index contributed by atoms with van der Waals surface area (Å²) in [5.41, 5.74) is 3.49. The molecule has 0 heterocycles. The highest BCUT2D eigenvalue weighted by Crippen LogP contribution is 2.54. The van der Waals surface area contributed by atoms with Crippen molar-refractivity contribution in [3.05, 3.63) is 45.4 Å². The van der Waals surface area contributed by atoms with Crippen LogP contribution in [0.4, 0.5) is 5.69 Å². The SMILES string of the molecule is CN(C)c1cc(C(=O)OCCO)c(O)c2c1CC1CC3CC(O)=C(C(N)=O)[C@](C)(O)C3C(O)=C1C2=O. The molecular formula is C25H30N2O9. The van der Waals surface area contributed by atoms with Gasteiger partial charge in [0.05, 0.1) is 23.7 Å². The molecule has 11 nitrogen and oxygen atoms in total. The van der Waals surface area contributed by atoms with Crippen LogP contribution in [0.1, 0.15) is 46.0 Å². The summed E-state index contributed by atoms with van der Waals surface area (Å²) in [6, 6.07) is 1.42. The lowest BCUT2D eigenvalue weighted by molar-refractivity contribution is -0.119. The van der Waals surface area contributed by atoms with Crippen molar-refractivity contribution in [1.29, 1.82) is 0 Å². The van der Waals surface area contributed by atoms with Crippen molar-refractivity contribution in [3.63, 3.8) is 0 Å². The molecule has 0 saturated carbocycles. The molecule has 194 valence electrons. The van der Waals surface area contributed by atoms with Crippen molar-refractivity contribution >= 4 is 23.3 Å². The number of hydrogen-bond donors (Lipinski definition) is 6. The standard InChI is InChI=1S/C25H30N2O9/c1-25(35)18-11(8-15(29)19(25)23(26)33)6-10-7-12-14(27(2)3)9-13(24(34)36-5-4-28)20(30)17(12)21(31)16(10)22(18)32/h9-11,18,28-30,32,35H,4-8H2,1-3H3,(H2,26,33)/t10?,11?,18?,25-/m1/s1. The monoisotopic (exact) mass is 502 g/mol. The average Bonchev–Trinajstić information content (AvgIpc) is 2.75. The van der Waals surface area contributed by atoms with Gasteiger partial charge in [0.2, 0.25) is 0 Å². The average molecular weight is 503 g/mol. The second kappa shape index (κ2) is 8.82. The minimum absolute atomic E-state index is 0.00456. The molecule has 7 N–H and O–H groups in total. The van der Waals surface area contributed by atoms with Gasteiger partial charge < -0.3 is 40.9 Å². The fourth-order valence-electron chi connectivity index (χ4n) is 6.12. The second-order valence-corrected chi connectivity index (χ2v) is 9.94. The van der Waals surface area contributed by atoms with Gasteiger partial charge in [-0.05, 0) is 43.2 Å². The minimum Gasteiger partial charge on any atom is -0.512 e. The molecular weight excluding hydrogens is 472 g/mol. The first-order valence-electron chi connectivity index (χ1n) is 11.6. The number of carbonyl (C=O) groups is 3. The zero-order valence-corrected chi connectivity index (χ0v) is 20.2. The summed E-state index contributed by atoms with van der Waals surface area (Å²) in [6.07, 6.45) is 0.552. The second-order valence-electron chi connectivity index (χ2n) is 9.94. The third-order valence-electron chi connectivity index (χ3n) is 7.47. The van der Waals surface area contributed by atoms with Crippen LogP contribution in [0.5, 0.6) is 5.75 Å². The fourth-order valence-corrected chi connectivity index (χ4v) is 6.12. The summed E-state index contributed by atoms with van der Waals surface area (Å²) < 4.78 is 4.94. The van der Waals surface area contributed by atoms with Crippen LogP contribution < -0.4 is 10.6 Å². The molecule has 1 aromatic rings. The predicted molar refractivity (Wildman–Crippen MR) is 127 cm³/mol. The molecule has 3 aliphatic carbocycles. The van der Waals surface area contributed by atoms with Crippen molar-refractivity contribution in [2.45, 2.75) is 31.8 Å². The number of Topliss-reactive ketones (excluding diaryl/α,β-unsaturated/α-hetero) is 1. The first kappa shape index (κ1) is 25.5. The van der Waals surface area contributed by atoms with Crippen LogP contribution in [-0.4, -0.2) is 76.1 Å². The molecule has 4 rings (SSSR count). The van der Waals surface area contributed by atoms with Crippen molar-refractivity contribution in [2.75, 3.05) is 32.2 Å². The highest BCUT2D eigenvalue weighted by molar-refractivity contribution is 6.16. The Morgan fingerprint density at radius 2 is 1.89 bits per heavy atom. The fraction of sp³-hybridized carbons (Fsp3) is 0.480. The molecule has 0 bridgehead atoms. The Hall–Kier alpha value is -3.57. The summed E-state index contributed by atoms with van der Waals surface area (Å²) in [5, 5.41) is 52.9. The first-order chi connectivity index (χ1) is 16.8. The number of aliphatic hydroxyl groups excluding tert-OH is 3. The van der Waals surface area contributed by atoms with E-state index in [1.54, 1.807) is 19.0 Å². The van der Waals surface area contributed by atoms with Crippen LogP contribution in [0, 0.1) is 17.8 Å². The summed E-state index contributed by atoms with van der Waals surface area (Å²) >= 11 is 0. The van der Waals surface area contributed by atoms with E-state index in [1.807, 2.05) is 0 Å². The molecule has 36 heavy (non-hydrogen) atoms. The number of phenols is 1. The maximum atomic E-state index is 13.8. The lowest BCUT2D eigenvalue weighted by Gasteiger charge is -2.48. The van der Waals surface area contributed by atoms with E-state index in [9.17, 15) is 34.8 Å². The molecule has 1 aromatic carbocycles. The van der Waals surface area contributed by atoms with Gasteiger partial charge in [0, 0.05) is 31.8 Å². The number of fused-ring (bicyclic) bond motifs is 3. The van der Waals surface area contributed by atoms with Crippen molar-refractivity contribution < 1.29 is 44.7 Å². The molecule has 1 amide bonds. The van der Waals surface area contributed by atoms with Crippen LogP contribution in [0.25, 0.3) is 0 Å². The molecule has 3 aliphatic rings. The number of esters is 1. The van der Waals surface area contributed by atoms with Crippen LogP contribution in [-0.2, 0) is 16.0 Å². The third-order valence-corrected chi connectivity index (χ3v) is 7.47. The maximum absolute atomic E-state index is 13.8. The number of primary amides is 1. The zero-order chi connectivity index (χ0) is 26.7. The highest BCUT2D eigenvalue weighted by atomic mass is 16.5. The Morgan fingerprint density at radius 3 is 2.47 bits per heavy atom. The number of aliphatic hydroxyl groups is 4. The smallest absolute Gasteiger partial charge is 0.342 e. The molecule has 11 heteroatoms. The number of ether oxygens (including phenoxy) is 1. The molecule has 0 spiro atoms. The number of hydrogen-bond acceptors (Lipinski definition) is 10. The van der Waals surface area contributed by atoms with E-state index >= 15 is 0 Å². The number of anilines is 1. The Balaban J connectivity index is 1.89. The molecule has 3 unspecified atom stereocenters.